The molecule has 4 nitrogen and oxygen atoms in total. The van der Waals surface area contributed by atoms with Crippen molar-refractivity contribution < 1.29 is 14.1 Å². The van der Waals surface area contributed by atoms with Crippen molar-refractivity contribution in [2.24, 2.45) is 0 Å². The molecular weight excluding hydrogens is 278 g/mol. The van der Waals surface area contributed by atoms with Crippen molar-refractivity contribution in [3.63, 3.8) is 0 Å². The largest absolute Gasteiger partial charge is 0.444 e. The van der Waals surface area contributed by atoms with E-state index in [1.807, 2.05) is 6.92 Å². The number of quaternary nitrogens is 1. The van der Waals surface area contributed by atoms with Crippen LogP contribution in [0, 0.1) is 6.92 Å². The predicted molar refractivity (Wildman–Crippen MR) is 86.5 cm³/mol. The maximum Gasteiger partial charge on any atom is 0.336 e. The summed E-state index contributed by atoms with van der Waals surface area (Å²) < 4.78 is 11.4. The molecule has 0 spiro atoms. The van der Waals surface area contributed by atoms with Crippen molar-refractivity contribution in [3.05, 3.63) is 39.2 Å². The van der Waals surface area contributed by atoms with E-state index >= 15 is 0 Å². The molecule has 0 saturated heterocycles. The van der Waals surface area contributed by atoms with Gasteiger partial charge in [0.15, 0.2) is 0 Å². The highest BCUT2D eigenvalue weighted by atomic mass is 16.5. The lowest BCUT2D eigenvalue weighted by atomic mass is 9.99. The van der Waals surface area contributed by atoms with E-state index in [9.17, 15) is 4.79 Å². The molecule has 1 aromatic carbocycles. The van der Waals surface area contributed by atoms with Gasteiger partial charge in [-0.1, -0.05) is 20.3 Å². The summed E-state index contributed by atoms with van der Waals surface area (Å²) in [6.45, 7) is 9.08. The Balaban J connectivity index is 2.09. The first-order valence-electron chi connectivity index (χ1n) is 8.19. The van der Waals surface area contributed by atoms with Crippen LogP contribution in [0.1, 0.15) is 43.4 Å². The first-order valence-corrected chi connectivity index (χ1v) is 8.19. The van der Waals surface area contributed by atoms with E-state index in [0.717, 1.165) is 41.8 Å². The van der Waals surface area contributed by atoms with Crippen LogP contribution in [0.4, 0.5) is 0 Å². The van der Waals surface area contributed by atoms with Gasteiger partial charge in [0.25, 0.3) is 0 Å². The molecule has 1 aromatic heterocycles. The maximum atomic E-state index is 11.7. The van der Waals surface area contributed by atoms with E-state index in [1.54, 1.807) is 6.07 Å². The van der Waals surface area contributed by atoms with Gasteiger partial charge in [0.1, 0.15) is 17.9 Å². The molecule has 1 atom stereocenters. The molecule has 2 aromatic rings. The fraction of sp³-hybridized carbons (Fsp3) is 0.500. The highest BCUT2D eigenvalue weighted by Gasteiger charge is 2.24. The summed E-state index contributed by atoms with van der Waals surface area (Å²) in [6, 6.07) is 3.77. The summed E-state index contributed by atoms with van der Waals surface area (Å²) >= 11 is 0. The van der Waals surface area contributed by atoms with E-state index in [1.165, 1.54) is 23.3 Å². The van der Waals surface area contributed by atoms with Crippen LogP contribution in [-0.4, -0.2) is 13.3 Å². The average Bonchev–Trinajstić information content (AvgIpc) is 2.53. The van der Waals surface area contributed by atoms with Crippen LogP contribution in [-0.2, 0) is 13.0 Å². The standard InChI is InChI=1S/C18H23NO3/c1-4-6-7-19-10-14-8-15-13(5-2)9-16(20)22-18(15)12(3)17(14)21-11-19/h8-9H,4-7,10-11H2,1-3H3/p+1. The second kappa shape index (κ2) is 6.13. The van der Waals surface area contributed by atoms with Gasteiger partial charge in [-0.05, 0) is 31.4 Å². The minimum absolute atomic E-state index is 0.279. The fourth-order valence-corrected chi connectivity index (χ4v) is 3.28. The van der Waals surface area contributed by atoms with Crippen molar-refractivity contribution in [1.82, 2.24) is 0 Å². The topological polar surface area (TPSA) is 43.9 Å². The van der Waals surface area contributed by atoms with Crippen LogP contribution in [0.2, 0.25) is 0 Å². The van der Waals surface area contributed by atoms with Crippen molar-refractivity contribution in [2.45, 2.75) is 46.6 Å². The maximum absolute atomic E-state index is 11.7. The molecule has 0 saturated carbocycles. The zero-order chi connectivity index (χ0) is 15.7. The van der Waals surface area contributed by atoms with Gasteiger partial charge in [-0.2, -0.15) is 0 Å². The first kappa shape index (κ1) is 15.1. The molecule has 0 radical (unpaired) electrons. The van der Waals surface area contributed by atoms with Crippen LogP contribution < -0.4 is 15.3 Å². The van der Waals surface area contributed by atoms with E-state index in [2.05, 4.69) is 19.9 Å². The Labute approximate surface area is 130 Å². The fourth-order valence-electron chi connectivity index (χ4n) is 3.28. The highest BCUT2D eigenvalue weighted by molar-refractivity contribution is 5.86. The summed E-state index contributed by atoms with van der Waals surface area (Å²) in [5.74, 6) is 0.907. The Morgan fingerprint density at radius 1 is 1.27 bits per heavy atom. The first-order chi connectivity index (χ1) is 10.6. The Kier molecular flexibility index (Phi) is 4.21. The Morgan fingerprint density at radius 3 is 2.82 bits per heavy atom. The third kappa shape index (κ3) is 2.63. The molecule has 1 N–H and O–H groups in total. The number of nitrogens with one attached hydrogen (secondary N) is 1. The number of unbranched alkanes of at least 4 members (excludes halogenated alkanes) is 1. The van der Waals surface area contributed by atoms with Gasteiger partial charge < -0.3 is 9.15 Å². The minimum Gasteiger partial charge on any atom is -0.444 e. The second-order valence-electron chi connectivity index (χ2n) is 6.13. The Morgan fingerprint density at radius 2 is 2.09 bits per heavy atom. The average molecular weight is 302 g/mol. The Hall–Kier alpha value is -1.81. The molecule has 118 valence electrons. The normalized spacial score (nSPS) is 17.3. The molecule has 3 rings (SSSR count). The predicted octanol–water partition coefficient (Wildman–Crippen LogP) is 2.20. The van der Waals surface area contributed by atoms with Crippen molar-refractivity contribution in [2.75, 3.05) is 13.3 Å². The second-order valence-corrected chi connectivity index (χ2v) is 6.13. The number of benzene rings is 1. The highest BCUT2D eigenvalue weighted by Crippen LogP contribution is 2.33. The molecule has 0 bridgehead atoms. The summed E-state index contributed by atoms with van der Waals surface area (Å²) in [5, 5.41) is 1.05. The number of hydrogen-bond acceptors (Lipinski definition) is 3. The smallest absolute Gasteiger partial charge is 0.336 e. The summed E-state index contributed by atoms with van der Waals surface area (Å²) in [6.07, 6.45) is 3.25. The quantitative estimate of drug-likeness (QED) is 0.881. The summed E-state index contributed by atoms with van der Waals surface area (Å²) in [5.41, 5.74) is 3.64. The lowest BCUT2D eigenvalue weighted by molar-refractivity contribution is -0.932. The zero-order valence-corrected chi connectivity index (χ0v) is 13.6. The number of rotatable bonds is 4. The van der Waals surface area contributed by atoms with Crippen LogP contribution in [0.25, 0.3) is 11.0 Å². The van der Waals surface area contributed by atoms with E-state index in [-0.39, 0.29) is 5.63 Å². The molecule has 1 unspecified atom stereocenters. The molecule has 0 amide bonds. The number of aryl methyl sites for hydroxylation is 2. The molecule has 0 fully saturated rings. The van der Waals surface area contributed by atoms with Crippen LogP contribution in [0.5, 0.6) is 5.75 Å². The molecular formula is C18H24NO3+. The van der Waals surface area contributed by atoms with E-state index < -0.39 is 0 Å². The number of fused-ring (bicyclic) bond motifs is 2. The lowest BCUT2D eigenvalue weighted by Gasteiger charge is -2.27. The lowest BCUT2D eigenvalue weighted by Crippen LogP contribution is -3.12. The molecule has 0 aliphatic carbocycles. The Bertz CT molecular complexity index is 748. The van der Waals surface area contributed by atoms with Crippen LogP contribution in [0.3, 0.4) is 0 Å². The molecule has 4 heteroatoms. The molecule has 1 aliphatic heterocycles. The minimum atomic E-state index is -0.279. The van der Waals surface area contributed by atoms with Gasteiger partial charge in [-0.25, -0.2) is 4.79 Å². The molecule has 22 heavy (non-hydrogen) atoms. The SMILES string of the molecule is CCCC[NH+]1COc2c(cc3c(CC)cc(=O)oc3c2C)C1. The van der Waals surface area contributed by atoms with Gasteiger partial charge in [0.05, 0.1) is 6.54 Å². The molecule has 2 heterocycles. The van der Waals surface area contributed by atoms with E-state index in [4.69, 9.17) is 9.15 Å². The van der Waals surface area contributed by atoms with Gasteiger partial charge >= 0.3 is 5.63 Å². The van der Waals surface area contributed by atoms with Crippen molar-refractivity contribution >= 4 is 11.0 Å². The summed E-state index contributed by atoms with van der Waals surface area (Å²) in [7, 11) is 0. The third-order valence-electron chi connectivity index (χ3n) is 4.50. The van der Waals surface area contributed by atoms with Gasteiger partial charge in [0.2, 0.25) is 6.73 Å². The van der Waals surface area contributed by atoms with Crippen molar-refractivity contribution in [3.8, 4) is 5.75 Å². The zero-order valence-electron chi connectivity index (χ0n) is 13.6. The number of hydrogen-bond donors (Lipinski definition) is 1. The van der Waals surface area contributed by atoms with E-state index in [0.29, 0.717) is 12.3 Å². The van der Waals surface area contributed by atoms with Crippen molar-refractivity contribution in [1.29, 1.82) is 0 Å². The third-order valence-corrected chi connectivity index (χ3v) is 4.50. The summed E-state index contributed by atoms with van der Waals surface area (Å²) in [4.78, 5) is 13.2. The van der Waals surface area contributed by atoms with Crippen LogP contribution in [0.15, 0.2) is 21.3 Å². The van der Waals surface area contributed by atoms with Crippen LogP contribution >= 0.6 is 0 Å². The monoisotopic (exact) mass is 302 g/mol. The van der Waals surface area contributed by atoms with Gasteiger partial charge in [0, 0.05) is 22.6 Å². The van der Waals surface area contributed by atoms with Gasteiger partial charge in [-0.3, -0.25) is 4.90 Å². The van der Waals surface area contributed by atoms with Gasteiger partial charge in [-0.15, -0.1) is 0 Å². The number of ether oxygens (including phenoxy) is 1. The molecule has 1 aliphatic rings.